The summed E-state index contributed by atoms with van der Waals surface area (Å²) in [5.41, 5.74) is 1.14. The average molecular weight is 151 g/mol. The van der Waals surface area contributed by atoms with Gasteiger partial charge in [0.2, 0.25) is 0 Å². The number of H-pyrrole nitrogens is 1. The highest BCUT2D eigenvalue weighted by Crippen LogP contribution is 2.23. The molecular formula is C8H11N2O+. The van der Waals surface area contributed by atoms with Crippen molar-refractivity contribution in [1.82, 2.24) is 0 Å². The Kier molecular flexibility index (Phi) is 1.42. The monoisotopic (exact) mass is 151 g/mol. The molecule has 3 nitrogen and oxygen atoms in total. The first-order valence-corrected chi connectivity index (χ1v) is 3.72. The summed E-state index contributed by atoms with van der Waals surface area (Å²) < 4.78 is 5.40. The van der Waals surface area contributed by atoms with Gasteiger partial charge >= 0.3 is 5.88 Å². The molecule has 0 unspecified atom stereocenters. The number of ether oxygens (including phenoxy) is 1. The summed E-state index contributed by atoms with van der Waals surface area (Å²) in [5, 5.41) is 0. The van der Waals surface area contributed by atoms with Crippen molar-refractivity contribution < 1.29 is 9.72 Å². The molecule has 0 fully saturated rings. The minimum absolute atomic E-state index is 0.768. The highest BCUT2D eigenvalue weighted by Gasteiger charge is 2.18. The number of aromatic amines is 1. The maximum atomic E-state index is 5.40. The standard InChI is InChI=1S/C8H10N2O/c1-10-5-6-11-8-7(10)3-2-4-9-8/h2-4H,5-6H2,1H3/p+1. The molecule has 1 aliphatic rings. The smallest absolute Gasteiger partial charge is 0.390 e. The third-order valence-corrected chi connectivity index (χ3v) is 1.88. The van der Waals surface area contributed by atoms with E-state index in [9.17, 15) is 0 Å². The summed E-state index contributed by atoms with van der Waals surface area (Å²) in [6.45, 7) is 1.73. The molecule has 0 saturated carbocycles. The highest BCUT2D eigenvalue weighted by molar-refractivity contribution is 5.52. The Labute approximate surface area is 65.6 Å². The van der Waals surface area contributed by atoms with Gasteiger partial charge in [0.15, 0.2) is 11.9 Å². The van der Waals surface area contributed by atoms with Crippen LogP contribution in [0.15, 0.2) is 18.3 Å². The van der Waals surface area contributed by atoms with E-state index in [1.807, 2.05) is 18.3 Å². The fraction of sp³-hybridized carbons (Fsp3) is 0.375. The van der Waals surface area contributed by atoms with Crippen LogP contribution in [0.4, 0.5) is 5.69 Å². The van der Waals surface area contributed by atoms with Crippen LogP contribution in [0.2, 0.25) is 0 Å². The van der Waals surface area contributed by atoms with Crippen LogP contribution in [0.3, 0.4) is 0 Å². The third-order valence-electron chi connectivity index (χ3n) is 1.88. The number of likely N-dealkylation sites (N-methyl/N-ethyl adjacent to an activating group) is 1. The molecule has 0 saturated heterocycles. The lowest BCUT2D eigenvalue weighted by molar-refractivity contribution is -0.394. The number of nitrogens with zero attached hydrogens (tertiary/aromatic N) is 1. The van der Waals surface area contributed by atoms with E-state index in [0.717, 1.165) is 24.7 Å². The first-order valence-electron chi connectivity index (χ1n) is 3.72. The zero-order chi connectivity index (χ0) is 7.68. The van der Waals surface area contributed by atoms with Crippen molar-refractivity contribution in [3.8, 4) is 5.88 Å². The van der Waals surface area contributed by atoms with Crippen molar-refractivity contribution in [3.05, 3.63) is 18.3 Å². The predicted molar refractivity (Wildman–Crippen MR) is 41.8 cm³/mol. The number of hydrogen-bond acceptors (Lipinski definition) is 2. The molecule has 0 amide bonds. The predicted octanol–water partition coefficient (Wildman–Crippen LogP) is 0.329. The van der Waals surface area contributed by atoms with Crippen molar-refractivity contribution in [2.45, 2.75) is 0 Å². The van der Waals surface area contributed by atoms with E-state index in [2.05, 4.69) is 16.9 Å². The van der Waals surface area contributed by atoms with Gasteiger partial charge in [0, 0.05) is 13.1 Å². The van der Waals surface area contributed by atoms with E-state index in [0.29, 0.717) is 0 Å². The normalized spacial score (nSPS) is 15.5. The largest absolute Gasteiger partial charge is 0.441 e. The fourth-order valence-corrected chi connectivity index (χ4v) is 1.23. The van der Waals surface area contributed by atoms with Crippen LogP contribution in [0.1, 0.15) is 0 Å². The number of hydrogen-bond donors (Lipinski definition) is 0. The summed E-state index contributed by atoms with van der Waals surface area (Å²) in [7, 11) is 2.06. The lowest BCUT2D eigenvalue weighted by atomic mass is 10.3. The number of aromatic nitrogens is 1. The first kappa shape index (κ1) is 6.46. The molecule has 1 aliphatic heterocycles. The van der Waals surface area contributed by atoms with E-state index in [-0.39, 0.29) is 0 Å². The van der Waals surface area contributed by atoms with E-state index in [1.54, 1.807) is 0 Å². The van der Waals surface area contributed by atoms with Crippen LogP contribution in [0.5, 0.6) is 5.88 Å². The lowest BCUT2D eigenvalue weighted by Gasteiger charge is -2.22. The van der Waals surface area contributed by atoms with Gasteiger partial charge in [-0.3, -0.25) is 0 Å². The van der Waals surface area contributed by atoms with Gasteiger partial charge in [-0.1, -0.05) is 0 Å². The van der Waals surface area contributed by atoms with Crippen LogP contribution in [0, 0.1) is 0 Å². The Morgan fingerprint density at radius 1 is 1.64 bits per heavy atom. The molecule has 0 aliphatic carbocycles. The highest BCUT2D eigenvalue weighted by atomic mass is 16.5. The summed E-state index contributed by atoms with van der Waals surface area (Å²) in [5.74, 6) is 0.876. The molecule has 0 bridgehead atoms. The first-order chi connectivity index (χ1) is 5.38. The van der Waals surface area contributed by atoms with Crippen molar-refractivity contribution in [2.75, 3.05) is 25.1 Å². The molecule has 1 aromatic heterocycles. The topological polar surface area (TPSA) is 26.6 Å². The Hall–Kier alpha value is -1.25. The Balaban J connectivity index is 2.44. The van der Waals surface area contributed by atoms with Gasteiger partial charge in [0.05, 0.1) is 6.54 Å². The number of fused-ring (bicyclic) bond motifs is 1. The molecule has 0 spiro atoms. The van der Waals surface area contributed by atoms with Crippen molar-refractivity contribution in [3.63, 3.8) is 0 Å². The van der Waals surface area contributed by atoms with E-state index in [1.165, 1.54) is 0 Å². The Bertz CT molecular complexity index is 262. The molecular weight excluding hydrogens is 140 g/mol. The van der Waals surface area contributed by atoms with Gasteiger partial charge < -0.3 is 9.64 Å². The molecule has 58 valence electrons. The van der Waals surface area contributed by atoms with Gasteiger partial charge in [-0.05, 0) is 6.07 Å². The third kappa shape index (κ3) is 1.02. The number of nitrogens with one attached hydrogen (secondary N) is 1. The fourth-order valence-electron chi connectivity index (χ4n) is 1.23. The van der Waals surface area contributed by atoms with E-state index >= 15 is 0 Å². The van der Waals surface area contributed by atoms with Crippen LogP contribution in [0.25, 0.3) is 0 Å². The SMILES string of the molecule is CN1CCOc2[nH+]cccc21. The molecule has 0 radical (unpaired) electrons. The van der Waals surface area contributed by atoms with Gasteiger partial charge in [0.1, 0.15) is 6.61 Å². The number of anilines is 1. The van der Waals surface area contributed by atoms with Crippen LogP contribution >= 0.6 is 0 Å². The summed E-state index contributed by atoms with van der Waals surface area (Å²) in [6, 6.07) is 4.02. The summed E-state index contributed by atoms with van der Waals surface area (Å²) in [4.78, 5) is 5.23. The zero-order valence-corrected chi connectivity index (χ0v) is 6.50. The molecule has 1 N–H and O–H groups in total. The second-order valence-corrected chi connectivity index (χ2v) is 2.65. The molecule has 11 heavy (non-hydrogen) atoms. The quantitative estimate of drug-likeness (QED) is 0.534. The molecule has 0 aromatic carbocycles. The molecule has 1 aromatic rings. The van der Waals surface area contributed by atoms with E-state index in [4.69, 9.17) is 4.74 Å². The van der Waals surface area contributed by atoms with Gasteiger partial charge in [0.25, 0.3) is 0 Å². The van der Waals surface area contributed by atoms with Crippen molar-refractivity contribution in [2.24, 2.45) is 0 Å². The van der Waals surface area contributed by atoms with Crippen molar-refractivity contribution in [1.29, 1.82) is 0 Å². The van der Waals surface area contributed by atoms with E-state index < -0.39 is 0 Å². The van der Waals surface area contributed by atoms with Gasteiger partial charge in [-0.15, -0.1) is 0 Å². The molecule has 2 rings (SSSR count). The second kappa shape index (κ2) is 2.42. The minimum Gasteiger partial charge on any atom is -0.441 e. The van der Waals surface area contributed by atoms with Crippen molar-refractivity contribution >= 4 is 5.69 Å². The Morgan fingerprint density at radius 2 is 2.55 bits per heavy atom. The Morgan fingerprint density at radius 3 is 3.36 bits per heavy atom. The summed E-state index contributed by atoms with van der Waals surface area (Å²) >= 11 is 0. The number of rotatable bonds is 0. The summed E-state index contributed by atoms with van der Waals surface area (Å²) in [6.07, 6.45) is 1.87. The van der Waals surface area contributed by atoms with Crippen LogP contribution < -0.4 is 14.6 Å². The molecule has 2 heterocycles. The van der Waals surface area contributed by atoms with Gasteiger partial charge in [-0.2, -0.15) is 4.98 Å². The molecule has 0 atom stereocenters. The maximum absolute atomic E-state index is 5.40. The minimum atomic E-state index is 0.768. The maximum Gasteiger partial charge on any atom is 0.390 e. The van der Waals surface area contributed by atoms with Crippen LogP contribution in [-0.4, -0.2) is 20.2 Å². The van der Waals surface area contributed by atoms with Gasteiger partial charge in [-0.25, -0.2) is 0 Å². The lowest BCUT2D eigenvalue weighted by Crippen LogP contribution is -2.31. The number of pyridine rings is 1. The van der Waals surface area contributed by atoms with Crippen LogP contribution in [-0.2, 0) is 0 Å². The molecule has 3 heteroatoms. The average Bonchev–Trinajstić information content (AvgIpc) is 2.06. The second-order valence-electron chi connectivity index (χ2n) is 2.65. The zero-order valence-electron chi connectivity index (χ0n) is 6.50.